The second kappa shape index (κ2) is 4.67. The van der Waals surface area contributed by atoms with Crippen LogP contribution >= 0.6 is 0 Å². The van der Waals surface area contributed by atoms with Crippen molar-refractivity contribution in [2.75, 3.05) is 0 Å². The van der Waals surface area contributed by atoms with Crippen LogP contribution in [0.5, 0.6) is 0 Å². The lowest BCUT2D eigenvalue weighted by atomic mass is 9.74. The highest BCUT2D eigenvalue weighted by atomic mass is 16.1. The van der Waals surface area contributed by atoms with E-state index in [0.29, 0.717) is 11.2 Å². The van der Waals surface area contributed by atoms with Gasteiger partial charge in [-0.05, 0) is 49.9 Å². The van der Waals surface area contributed by atoms with E-state index in [1.54, 1.807) is 6.92 Å². The van der Waals surface area contributed by atoms with E-state index in [0.717, 1.165) is 18.3 Å². The van der Waals surface area contributed by atoms with Gasteiger partial charge < -0.3 is 0 Å². The Balaban J connectivity index is 2.43. The summed E-state index contributed by atoms with van der Waals surface area (Å²) in [5.41, 5.74) is 0.483. The number of carbonyl (C=O) groups is 1. The van der Waals surface area contributed by atoms with Crippen molar-refractivity contribution in [2.24, 2.45) is 23.2 Å². The Morgan fingerprint density at radius 2 is 2.00 bits per heavy atom. The first kappa shape index (κ1) is 12.7. The van der Waals surface area contributed by atoms with Crippen LogP contribution in [0.1, 0.15) is 60.3 Å². The van der Waals surface area contributed by atoms with Crippen LogP contribution in [0.25, 0.3) is 0 Å². The lowest BCUT2D eigenvalue weighted by molar-refractivity contribution is -0.120. The molecule has 0 aromatic rings. The van der Waals surface area contributed by atoms with Crippen LogP contribution < -0.4 is 0 Å². The highest BCUT2D eigenvalue weighted by Crippen LogP contribution is 2.49. The Morgan fingerprint density at radius 3 is 2.40 bits per heavy atom. The second-order valence-corrected chi connectivity index (χ2v) is 6.09. The molecule has 0 amide bonds. The minimum Gasteiger partial charge on any atom is -0.300 e. The maximum atomic E-state index is 11.2. The van der Waals surface area contributed by atoms with E-state index in [4.69, 9.17) is 0 Å². The third kappa shape index (κ3) is 2.83. The van der Waals surface area contributed by atoms with Crippen molar-refractivity contribution >= 4 is 5.78 Å². The third-order valence-corrected chi connectivity index (χ3v) is 4.91. The SMILES string of the molecule is CC(=O)C(C)CCC1CCC(C)C1(C)C. The molecule has 1 aliphatic rings. The molecule has 1 saturated carbocycles. The van der Waals surface area contributed by atoms with Gasteiger partial charge in [0.05, 0.1) is 0 Å². The molecule has 3 unspecified atom stereocenters. The van der Waals surface area contributed by atoms with Gasteiger partial charge in [-0.25, -0.2) is 0 Å². The maximum Gasteiger partial charge on any atom is 0.132 e. The minimum absolute atomic E-state index is 0.261. The molecular formula is C14H26O. The van der Waals surface area contributed by atoms with Gasteiger partial charge in [-0.1, -0.05) is 27.7 Å². The average molecular weight is 210 g/mol. The lowest BCUT2D eigenvalue weighted by Gasteiger charge is -2.31. The summed E-state index contributed by atoms with van der Waals surface area (Å²) in [6.07, 6.45) is 5.04. The standard InChI is InChI=1S/C14H26O/c1-10(12(3)15)6-8-13-9-7-11(2)14(13,4)5/h10-11,13H,6-9H2,1-5H3. The summed E-state index contributed by atoms with van der Waals surface area (Å²) in [5, 5.41) is 0. The van der Waals surface area contributed by atoms with Crippen LogP contribution in [0.2, 0.25) is 0 Å². The van der Waals surface area contributed by atoms with Crippen LogP contribution in [0.3, 0.4) is 0 Å². The number of rotatable bonds is 4. The molecule has 0 aromatic heterocycles. The first-order valence-corrected chi connectivity index (χ1v) is 6.36. The van der Waals surface area contributed by atoms with Crippen LogP contribution in [-0.4, -0.2) is 5.78 Å². The predicted molar refractivity (Wildman–Crippen MR) is 64.7 cm³/mol. The van der Waals surface area contributed by atoms with Crippen LogP contribution in [0.4, 0.5) is 0 Å². The summed E-state index contributed by atoms with van der Waals surface area (Å²) < 4.78 is 0. The highest BCUT2D eigenvalue weighted by Gasteiger charge is 2.39. The first-order chi connectivity index (χ1) is 6.85. The number of carbonyl (C=O) groups excluding carboxylic acids is 1. The fraction of sp³-hybridized carbons (Fsp3) is 0.929. The molecule has 1 heteroatoms. The molecule has 0 aliphatic heterocycles. The first-order valence-electron chi connectivity index (χ1n) is 6.36. The molecule has 1 aliphatic carbocycles. The molecule has 3 atom stereocenters. The smallest absolute Gasteiger partial charge is 0.132 e. The van der Waals surface area contributed by atoms with Crippen molar-refractivity contribution in [1.29, 1.82) is 0 Å². The molecule has 15 heavy (non-hydrogen) atoms. The fourth-order valence-electron chi connectivity index (χ4n) is 2.77. The van der Waals surface area contributed by atoms with E-state index in [1.807, 2.05) is 0 Å². The lowest BCUT2D eigenvalue weighted by Crippen LogP contribution is -2.24. The molecule has 0 bridgehead atoms. The van der Waals surface area contributed by atoms with Crippen molar-refractivity contribution in [3.05, 3.63) is 0 Å². The highest BCUT2D eigenvalue weighted by molar-refractivity contribution is 5.77. The molecule has 1 fully saturated rings. The Hall–Kier alpha value is -0.330. The van der Waals surface area contributed by atoms with Gasteiger partial charge in [0.25, 0.3) is 0 Å². The zero-order valence-corrected chi connectivity index (χ0v) is 11.0. The summed E-state index contributed by atoms with van der Waals surface area (Å²) in [4.78, 5) is 11.2. The number of Topliss-reactive ketones (excluding diaryl/α,β-unsaturated/α-hetero) is 1. The molecule has 0 spiro atoms. The predicted octanol–water partition coefficient (Wildman–Crippen LogP) is 4.06. The Labute approximate surface area is 94.6 Å². The second-order valence-electron chi connectivity index (χ2n) is 6.09. The molecule has 88 valence electrons. The van der Waals surface area contributed by atoms with Gasteiger partial charge in [-0.2, -0.15) is 0 Å². The van der Waals surface area contributed by atoms with Gasteiger partial charge >= 0.3 is 0 Å². The molecule has 1 nitrogen and oxygen atoms in total. The van der Waals surface area contributed by atoms with Crippen molar-refractivity contribution in [3.8, 4) is 0 Å². The zero-order valence-electron chi connectivity index (χ0n) is 11.0. The van der Waals surface area contributed by atoms with E-state index in [2.05, 4.69) is 27.7 Å². The molecule has 0 heterocycles. The van der Waals surface area contributed by atoms with Gasteiger partial charge in [-0.3, -0.25) is 4.79 Å². The normalized spacial score (nSPS) is 31.5. The maximum absolute atomic E-state index is 11.2. The summed E-state index contributed by atoms with van der Waals surface area (Å²) in [5.74, 6) is 2.28. The van der Waals surface area contributed by atoms with Crippen LogP contribution in [0.15, 0.2) is 0 Å². The Kier molecular flexibility index (Phi) is 3.97. The molecule has 0 radical (unpaired) electrons. The van der Waals surface area contributed by atoms with Crippen molar-refractivity contribution in [1.82, 2.24) is 0 Å². The summed E-state index contributed by atoms with van der Waals surface area (Å²) >= 11 is 0. The van der Waals surface area contributed by atoms with Crippen molar-refractivity contribution in [2.45, 2.75) is 60.3 Å². The molecule has 0 saturated heterocycles. The van der Waals surface area contributed by atoms with Crippen LogP contribution in [-0.2, 0) is 4.79 Å². The molecule has 0 N–H and O–H groups in total. The number of hydrogen-bond acceptors (Lipinski definition) is 1. The quantitative estimate of drug-likeness (QED) is 0.683. The van der Waals surface area contributed by atoms with Crippen molar-refractivity contribution in [3.63, 3.8) is 0 Å². The van der Waals surface area contributed by atoms with E-state index < -0.39 is 0 Å². The van der Waals surface area contributed by atoms with E-state index in [-0.39, 0.29) is 5.92 Å². The Morgan fingerprint density at radius 1 is 1.40 bits per heavy atom. The molecule has 0 aromatic carbocycles. The van der Waals surface area contributed by atoms with Gasteiger partial charge in [0.15, 0.2) is 0 Å². The largest absolute Gasteiger partial charge is 0.300 e. The molecule has 1 rings (SSSR count). The van der Waals surface area contributed by atoms with Gasteiger partial charge in [0.2, 0.25) is 0 Å². The summed E-state index contributed by atoms with van der Waals surface area (Å²) in [7, 11) is 0. The monoisotopic (exact) mass is 210 g/mol. The number of ketones is 1. The van der Waals surface area contributed by atoms with Gasteiger partial charge in [-0.15, -0.1) is 0 Å². The van der Waals surface area contributed by atoms with Crippen molar-refractivity contribution < 1.29 is 4.79 Å². The average Bonchev–Trinajstić information content (AvgIpc) is 2.39. The summed E-state index contributed by atoms with van der Waals surface area (Å²) in [6.45, 7) is 10.9. The van der Waals surface area contributed by atoms with Gasteiger partial charge in [0, 0.05) is 5.92 Å². The van der Waals surface area contributed by atoms with E-state index >= 15 is 0 Å². The summed E-state index contributed by atoms with van der Waals surface area (Å²) in [6, 6.07) is 0. The fourth-order valence-corrected chi connectivity index (χ4v) is 2.77. The number of hydrogen-bond donors (Lipinski definition) is 0. The van der Waals surface area contributed by atoms with E-state index in [1.165, 1.54) is 19.3 Å². The topological polar surface area (TPSA) is 17.1 Å². The van der Waals surface area contributed by atoms with E-state index in [9.17, 15) is 4.79 Å². The third-order valence-electron chi connectivity index (χ3n) is 4.91. The Bertz CT molecular complexity index is 229. The minimum atomic E-state index is 0.261. The zero-order chi connectivity index (χ0) is 11.6. The van der Waals surface area contributed by atoms with Crippen LogP contribution in [0, 0.1) is 23.2 Å². The van der Waals surface area contributed by atoms with Gasteiger partial charge in [0.1, 0.15) is 5.78 Å². The molecular weight excluding hydrogens is 184 g/mol.